The monoisotopic (exact) mass is 281 g/mol. The second-order valence-corrected chi connectivity index (χ2v) is 4.87. The molecule has 0 spiro atoms. The van der Waals surface area contributed by atoms with Gasteiger partial charge in [-0.25, -0.2) is 0 Å². The van der Waals surface area contributed by atoms with Gasteiger partial charge in [-0.05, 0) is 27.7 Å². The Labute approximate surface area is 119 Å². The first kappa shape index (κ1) is 14.8. The summed E-state index contributed by atoms with van der Waals surface area (Å²) in [6, 6.07) is 0.361. The number of ether oxygens (including phenoxy) is 2. The highest BCUT2D eigenvalue weighted by Gasteiger charge is 2.25. The Hall–Kier alpha value is -1.63. The molecule has 1 aromatic heterocycles. The van der Waals surface area contributed by atoms with Crippen LogP contribution in [0.3, 0.4) is 0 Å². The van der Waals surface area contributed by atoms with Crippen molar-refractivity contribution in [2.75, 3.05) is 36.5 Å². The summed E-state index contributed by atoms with van der Waals surface area (Å²) in [6.45, 7) is 10.8. The third-order valence-corrected chi connectivity index (χ3v) is 2.91. The fourth-order valence-corrected chi connectivity index (χ4v) is 2.26. The van der Waals surface area contributed by atoms with Crippen LogP contribution in [0, 0.1) is 0 Å². The number of rotatable bonds is 5. The van der Waals surface area contributed by atoms with Gasteiger partial charge in [-0.3, -0.25) is 0 Å². The molecule has 1 aliphatic heterocycles. The van der Waals surface area contributed by atoms with Crippen molar-refractivity contribution in [3.8, 4) is 6.01 Å². The molecule has 1 aliphatic rings. The van der Waals surface area contributed by atoms with E-state index in [2.05, 4.69) is 39.0 Å². The van der Waals surface area contributed by atoms with Gasteiger partial charge in [0.05, 0.1) is 18.8 Å². The van der Waals surface area contributed by atoms with E-state index in [1.165, 1.54) is 0 Å². The van der Waals surface area contributed by atoms with Crippen LogP contribution in [0.1, 0.15) is 27.7 Å². The Bertz CT molecular complexity index is 409. The molecule has 0 aliphatic carbocycles. The van der Waals surface area contributed by atoms with Crippen LogP contribution in [0.5, 0.6) is 6.01 Å². The van der Waals surface area contributed by atoms with Crippen molar-refractivity contribution >= 4 is 11.9 Å². The smallest absolute Gasteiger partial charge is 0.323 e. The zero-order valence-electron chi connectivity index (χ0n) is 12.6. The normalized spacial score (nSPS) is 22.7. The second-order valence-electron chi connectivity index (χ2n) is 4.87. The molecule has 1 saturated heterocycles. The lowest BCUT2D eigenvalue weighted by Gasteiger charge is -2.35. The number of hydrogen-bond donors (Lipinski definition) is 1. The van der Waals surface area contributed by atoms with Gasteiger partial charge < -0.3 is 19.7 Å². The summed E-state index contributed by atoms with van der Waals surface area (Å²) in [5, 5.41) is 3.11. The molecule has 112 valence electrons. The molecule has 2 rings (SSSR count). The van der Waals surface area contributed by atoms with E-state index in [-0.39, 0.29) is 12.2 Å². The minimum absolute atomic E-state index is 0.161. The van der Waals surface area contributed by atoms with Crippen LogP contribution in [0.4, 0.5) is 11.9 Å². The minimum atomic E-state index is 0.161. The summed E-state index contributed by atoms with van der Waals surface area (Å²) in [4.78, 5) is 15.2. The zero-order valence-corrected chi connectivity index (χ0v) is 12.6. The van der Waals surface area contributed by atoms with E-state index in [0.29, 0.717) is 24.5 Å². The molecular formula is C13H23N5O2. The molecule has 0 amide bonds. The first-order valence-electron chi connectivity index (χ1n) is 7.15. The van der Waals surface area contributed by atoms with E-state index >= 15 is 0 Å². The minimum Gasteiger partial charge on any atom is -0.464 e. The standard InChI is InChI=1S/C13H23N5O2/c1-5-14-11-15-12(17-13(16-11)19-6-2)18-7-9(3)20-10(4)8-18/h9-10H,5-8H2,1-4H3,(H,14,15,16,17)/t9-,10+. The van der Waals surface area contributed by atoms with Crippen LogP contribution >= 0.6 is 0 Å². The fourth-order valence-electron chi connectivity index (χ4n) is 2.26. The SMILES string of the molecule is CCNc1nc(OCC)nc(N2C[C@@H](C)O[C@@H](C)C2)n1. The van der Waals surface area contributed by atoms with Crippen molar-refractivity contribution in [2.24, 2.45) is 0 Å². The molecule has 7 nitrogen and oxygen atoms in total. The lowest BCUT2D eigenvalue weighted by atomic mass is 10.2. The summed E-state index contributed by atoms with van der Waals surface area (Å²) in [6.07, 6.45) is 0.322. The number of nitrogens with one attached hydrogen (secondary N) is 1. The van der Waals surface area contributed by atoms with Crippen LogP contribution < -0.4 is 15.0 Å². The molecule has 1 fully saturated rings. The molecule has 0 aromatic carbocycles. The van der Waals surface area contributed by atoms with Crippen molar-refractivity contribution in [2.45, 2.75) is 39.9 Å². The molecule has 0 unspecified atom stereocenters. The first-order valence-corrected chi connectivity index (χ1v) is 7.15. The van der Waals surface area contributed by atoms with Crippen molar-refractivity contribution in [1.29, 1.82) is 0 Å². The Balaban J connectivity index is 2.24. The first-order chi connectivity index (χ1) is 9.62. The van der Waals surface area contributed by atoms with Gasteiger partial charge in [-0.2, -0.15) is 15.0 Å². The van der Waals surface area contributed by atoms with Crippen LogP contribution in [0.2, 0.25) is 0 Å². The van der Waals surface area contributed by atoms with Gasteiger partial charge in [0.2, 0.25) is 11.9 Å². The number of nitrogens with zero attached hydrogens (tertiary/aromatic N) is 4. The zero-order chi connectivity index (χ0) is 14.5. The van der Waals surface area contributed by atoms with Crippen LogP contribution in [-0.2, 0) is 4.74 Å². The van der Waals surface area contributed by atoms with E-state index < -0.39 is 0 Å². The number of anilines is 2. The molecule has 7 heteroatoms. The van der Waals surface area contributed by atoms with Gasteiger partial charge >= 0.3 is 6.01 Å². The van der Waals surface area contributed by atoms with E-state index in [0.717, 1.165) is 19.6 Å². The van der Waals surface area contributed by atoms with Gasteiger partial charge in [-0.15, -0.1) is 0 Å². The number of morpholine rings is 1. The molecule has 2 heterocycles. The van der Waals surface area contributed by atoms with E-state index in [1.54, 1.807) is 0 Å². The predicted molar refractivity (Wildman–Crippen MR) is 77.4 cm³/mol. The average Bonchev–Trinajstić information content (AvgIpc) is 2.38. The molecule has 1 aromatic rings. The summed E-state index contributed by atoms with van der Waals surface area (Å²) >= 11 is 0. The van der Waals surface area contributed by atoms with Crippen LogP contribution in [0.15, 0.2) is 0 Å². The van der Waals surface area contributed by atoms with Crippen molar-refractivity contribution in [1.82, 2.24) is 15.0 Å². The largest absolute Gasteiger partial charge is 0.464 e. The van der Waals surface area contributed by atoms with Crippen molar-refractivity contribution in [3.63, 3.8) is 0 Å². The Kier molecular flexibility index (Phi) is 4.94. The van der Waals surface area contributed by atoms with Gasteiger partial charge in [0.15, 0.2) is 0 Å². The second kappa shape index (κ2) is 6.69. The molecule has 0 radical (unpaired) electrons. The fraction of sp³-hybridized carbons (Fsp3) is 0.769. The number of aromatic nitrogens is 3. The van der Waals surface area contributed by atoms with Gasteiger partial charge in [0, 0.05) is 19.6 Å². The summed E-state index contributed by atoms with van der Waals surface area (Å²) < 4.78 is 11.2. The van der Waals surface area contributed by atoms with E-state index in [4.69, 9.17) is 9.47 Å². The maximum atomic E-state index is 5.73. The highest BCUT2D eigenvalue weighted by Crippen LogP contribution is 2.19. The van der Waals surface area contributed by atoms with Gasteiger partial charge in [0.1, 0.15) is 0 Å². The molecule has 2 atom stereocenters. The quantitative estimate of drug-likeness (QED) is 0.872. The Morgan fingerprint density at radius 1 is 1.20 bits per heavy atom. The lowest BCUT2D eigenvalue weighted by Crippen LogP contribution is -2.46. The molecule has 1 N–H and O–H groups in total. The third-order valence-electron chi connectivity index (χ3n) is 2.91. The Morgan fingerprint density at radius 3 is 2.50 bits per heavy atom. The highest BCUT2D eigenvalue weighted by atomic mass is 16.5. The lowest BCUT2D eigenvalue weighted by molar-refractivity contribution is -0.00577. The topological polar surface area (TPSA) is 72.4 Å². The highest BCUT2D eigenvalue weighted by molar-refractivity contribution is 5.39. The Morgan fingerprint density at radius 2 is 1.90 bits per heavy atom. The predicted octanol–water partition coefficient (Wildman–Crippen LogP) is 1.32. The van der Waals surface area contributed by atoms with Crippen molar-refractivity contribution in [3.05, 3.63) is 0 Å². The number of hydrogen-bond acceptors (Lipinski definition) is 7. The molecular weight excluding hydrogens is 258 g/mol. The summed E-state index contributed by atoms with van der Waals surface area (Å²) in [5.41, 5.74) is 0. The van der Waals surface area contributed by atoms with Gasteiger partial charge in [-0.1, -0.05) is 0 Å². The summed E-state index contributed by atoms with van der Waals surface area (Å²) in [7, 11) is 0. The van der Waals surface area contributed by atoms with Crippen molar-refractivity contribution < 1.29 is 9.47 Å². The summed E-state index contributed by atoms with van der Waals surface area (Å²) in [5.74, 6) is 1.19. The molecule has 0 saturated carbocycles. The van der Waals surface area contributed by atoms with Crippen LogP contribution in [0.25, 0.3) is 0 Å². The van der Waals surface area contributed by atoms with Gasteiger partial charge in [0.25, 0.3) is 0 Å². The maximum Gasteiger partial charge on any atom is 0.323 e. The third kappa shape index (κ3) is 3.69. The van der Waals surface area contributed by atoms with E-state index in [9.17, 15) is 0 Å². The molecule has 0 bridgehead atoms. The average molecular weight is 281 g/mol. The van der Waals surface area contributed by atoms with Crippen LogP contribution in [-0.4, -0.2) is 53.4 Å². The maximum absolute atomic E-state index is 5.73. The molecule has 20 heavy (non-hydrogen) atoms. The van der Waals surface area contributed by atoms with E-state index in [1.807, 2.05) is 13.8 Å².